The zero-order chi connectivity index (χ0) is 16.9. The van der Waals surface area contributed by atoms with E-state index in [0.29, 0.717) is 10.8 Å². The maximum atomic E-state index is 3.87. The predicted molar refractivity (Wildman–Crippen MR) is 105 cm³/mol. The standard InChI is InChI=1S/C19H38N4S/c1-18-7-5-6-16(12-18)14-21-10-9-20-8-3-4-11-24-17-13-19(18,2)23-15-22-17/h16-17,20-23H,3-15H2,1-2H3. The zero-order valence-electron chi connectivity index (χ0n) is 15.8. The first-order valence-electron chi connectivity index (χ1n) is 10.1. The fourth-order valence-electron chi connectivity index (χ4n) is 4.94. The van der Waals surface area contributed by atoms with E-state index in [-0.39, 0.29) is 5.54 Å². The van der Waals surface area contributed by atoms with Crippen LogP contribution in [0.3, 0.4) is 0 Å². The van der Waals surface area contributed by atoms with Crippen molar-refractivity contribution >= 4 is 11.8 Å². The number of hydrogen-bond acceptors (Lipinski definition) is 5. The minimum atomic E-state index is 0.271. The van der Waals surface area contributed by atoms with Crippen LogP contribution in [-0.2, 0) is 0 Å². The van der Waals surface area contributed by atoms with Crippen LogP contribution in [0.4, 0.5) is 0 Å². The molecule has 140 valence electrons. The van der Waals surface area contributed by atoms with Gasteiger partial charge in [0.1, 0.15) is 0 Å². The molecule has 1 saturated carbocycles. The van der Waals surface area contributed by atoms with Crippen molar-refractivity contribution in [3.63, 3.8) is 0 Å². The molecule has 0 spiro atoms. The first-order chi connectivity index (χ1) is 11.6. The molecule has 0 radical (unpaired) electrons. The van der Waals surface area contributed by atoms with E-state index in [4.69, 9.17) is 0 Å². The average Bonchev–Trinajstić information content (AvgIpc) is 2.56. The maximum Gasteiger partial charge on any atom is 0.0559 e. The van der Waals surface area contributed by atoms with Gasteiger partial charge in [0.25, 0.3) is 0 Å². The van der Waals surface area contributed by atoms with Crippen molar-refractivity contribution in [2.75, 3.05) is 38.6 Å². The largest absolute Gasteiger partial charge is 0.315 e. The third-order valence-corrected chi connectivity index (χ3v) is 8.05. The summed E-state index contributed by atoms with van der Waals surface area (Å²) in [6.07, 6.45) is 9.43. The number of rotatable bonds is 0. The van der Waals surface area contributed by atoms with Crippen molar-refractivity contribution in [1.29, 1.82) is 0 Å². The smallest absolute Gasteiger partial charge is 0.0559 e. The molecule has 4 bridgehead atoms. The number of hydrogen-bond donors (Lipinski definition) is 4. The lowest BCUT2D eigenvalue weighted by atomic mass is 9.59. The molecule has 2 heterocycles. The van der Waals surface area contributed by atoms with Gasteiger partial charge in [0.05, 0.1) is 5.37 Å². The summed E-state index contributed by atoms with van der Waals surface area (Å²) in [4.78, 5) is 0. The van der Waals surface area contributed by atoms with Crippen LogP contribution in [-0.4, -0.2) is 49.5 Å². The van der Waals surface area contributed by atoms with E-state index >= 15 is 0 Å². The molecule has 3 rings (SSSR count). The van der Waals surface area contributed by atoms with Crippen molar-refractivity contribution < 1.29 is 0 Å². The molecule has 0 aromatic rings. The van der Waals surface area contributed by atoms with Crippen LogP contribution < -0.4 is 21.3 Å². The molecule has 2 aliphatic heterocycles. The Morgan fingerprint density at radius 3 is 2.75 bits per heavy atom. The molecule has 3 fully saturated rings. The van der Waals surface area contributed by atoms with Gasteiger partial charge >= 0.3 is 0 Å². The van der Waals surface area contributed by atoms with Crippen molar-refractivity contribution in [3.8, 4) is 0 Å². The highest BCUT2D eigenvalue weighted by Gasteiger charge is 2.48. The second-order valence-electron chi connectivity index (χ2n) is 8.64. The van der Waals surface area contributed by atoms with Gasteiger partial charge in [-0.05, 0) is 75.6 Å². The minimum absolute atomic E-state index is 0.271. The molecule has 4 unspecified atom stereocenters. The lowest BCUT2D eigenvalue weighted by Crippen LogP contribution is -2.65. The van der Waals surface area contributed by atoms with Gasteiger partial charge in [-0.25, -0.2) is 0 Å². The first-order valence-corrected chi connectivity index (χ1v) is 11.2. The Morgan fingerprint density at radius 1 is 0.958 bits per heavy atom. The molecule has 24 heavy (non-hydrogen) atoms. The highest BCUT2D eigenvalue weighted by atomic mass is 32.2. The molecule has 0 aromatic heterocycles. The van der Waals surface area contributed by atoms with Gasteiger partial charge in [0.15, 0.2) is 0 Å². The summed E-state index contributed by atoms with van der Waals surface area (Å²) in [7, 11) is 0. The third kappa shape index (κ3) is 4.67. The Morgan fingerprint density at radius 2 is 1.83 bits per heavy atom. The van der Waals surface area contributed by atoms with Gasteiger partial charge in [0, 0.05) is 25.3 Å². The van der Waals surface area contributed by atoms with Gasteiger partial charge in [-0.3, -0.25) is 10.6 Å². The van der Waals surface area contributed by atoms with Gasteiger partial charge in [-0.2, -0.15) is 0 Å². The van der Waals surface area contributed by atoms with Gasteiger partial charge in [-0.1, -0.05) is 13.3 Å². The lowest BCUT2D eigenvalue weighted by molar-refractivity contribution is 0.0213. The number of thioether (sulfide) groups is 1. The molecule has 5 heteroatoms. The quantitative estimate of drug-likeness (QED) is 0.538. The second-order valence-corrected chi connectivity index (χ2v) is 9.95. The van der Waals surface area contributed by atoms with E-state index in [1.807, 2.05) is 0 Å². The maximum absolute atomic E-state index is 3.87. The molecule has 1 aliphatic carbocycles. The zero-order valence-corrected chi connectivity index (χ0v) is 16.6. The molecule has 3 aliphatic rings. The Bertz CT molecular complexity index is 358. The summed E-state index contributed by atoms with van der Waals surface area (Å²) in [6.45, 7) is 10.6. The topological polar surface area (TPSA) is 48.1 Å². The Hall–Kier alpha value is 0.190. The van der Waals surface area contributed by atoms with E-state index in [1.165, 1.54) is 63.8 Å². The van der Waals surface area contributed by atoms with E-state index in [2.05, 4.69) is 46.9 Å². The van der Waals surface area contributed by atoms with E-state index in [1.54, 1.807) is 0 Å². The van der Waals surface area contributed by atoms with Gasteiger partial charge < -0.3 is 10.6 Å². The second kappa shape index (κ2) is 8.72. The van der Waals surface area contributed by atoms with Crippen LogP contribution in [0.15, 0.2) is 0 Å². The normalized spacial score (nSPS) is 43.2. The van der Waals surface area contributed by atoms with Gasteiger partial charge in [0.2, 0.25) is 0 Å². The van der Waals surface area contributed by atoms with Crippen LogP contribution in [0, 0.1) is 11.3 Å². The van der Waals surface area contributed by atoms with Crippen LogP contribution >= 0.6 is 11.8 Å². The molecule has 4 nitrogen and oxygen atoms in total. The minimum Gasteiger partial charge on any atom is -0.315 e. The first kappa shape index (κ1) is 19.0. The van der Waals surface area contributed by atoms with Crippen LogP contribution in [0.5, 0.6) is 0 Å². The van der Waals surface area contributed by atoms with Crippen molar-refractivity contribution in [2.45, 2.75) is 69.7 Å². The highest BCUT2D eigenvalue weighted by Crippen LogP contribution is 2.49. The molecule has 4 N–H and O–H groups in total. The molecule has 2 saturated heterocycles. The van der Waals surface area contributed by atoms with Crippen LogP contribution in [0.1, 0.15) is 58.8 Å². The van der Waals surface area contributed by atoms with E-state index in [9.17, 15) is 0 Å². The molecule has 0 amide bonds. The molecule has 4 atom stereocenters. The Kier molecular flexibility index (Phi) is 6.89. The fraction of sp³-hybridized carbons (Fsp3) is 1.00. The van der Waals surface area contributed by atoms with Crippen LogP contribution in [0.2, 0.25) is 0 Å². The summed E-state index contributed by atoms with van der Waals surface area (Å²) in [5.41, 5.74) is 0.695. The van der Waals surface area contributed by atoms with E-state index < -0.39 is 0 Å². The third-order valence-electron chi connectivity index (χ3n) is 6.79. The Labute approximate surface area is 153 Å². The lowest BCUT2D eigenvalue weighted by Gasteiger charge is -2.54. The highest BCUT2D eigenvalue weighted by molar-refractivity contribution is 7.99. The van der Waals surface area contributed by atoms with Crippen molar-refractivity contribution in [1.82, 2.24) is 21.3 Å². The Balaban J connectivity index is 1.68. The number of fused-ring (bicyclic) bond motifs is 5. The average molecular weight is 355 g/mol. The van der Waals surface area contributed by atoms with Gasteiger partial charge in [-0.15, -0.1) is 11.8 Å². The fourth-order valence-corrected chi connectivity index (χ4v) is 6.24. The summed E-state index contributed by atoms with van der Waals surface area (Å²) in [5.74, 6) is 2.13. The molecule has 0 aromatic carbocycles. The van der Waals surface area contributed by atoms with E-state index in [0.717, 1.165) is 25.7 Å². The number of nitrogens with one attached hydrogen (secondary N) is 4. The summed E-state index contributed by atoms with van der Waals surface area (Å²) in [5, 5.41) is 15.5. The van der Waals surface area contributed by atoms with Crippen molar-refractivity contribution in [3.05, 3.63) is 0 Å². The molecular weight excluding hydrogens is 316 g/mol. The summed E-state index contributed by atoms with van der Waals surface area (Å²) >= 11 is 2.15. The van der Waals surface area contributed by atoms with Crippen LogP contribution in [0.25, 0.3) is 0 Å². The molecular formula is C19H38N4S. The van der Waals surface area contributed by atoms with Crippen molar-refractivity contribution in [2.24, 2.45) is 11.3 Å². The predicted octanol–water partition coefficient (Wildman–Crippen LogP) is 2.51. The summed E-state index contributed by atoms with van der Waals surface area (Å²) < 4.78 is 0. The summed E-state index contributed by atoms with van der Waals surface area (Å²) in [6, 6.07) is 0. The monoisotopic (exact) mass is 354 g/mol. The SMILES string of the molecule is CC12CCCC(CNCCNCCCCSC3CC1(C)NCN3)C2.